The zero-order chi connectivity index (χ0) is 21.1. The van der Waals surface area contributed by atoms with Crippen LogP contribution in [0.1, 0.15) is 136 Å². The third kappa shape index (κ3) is 21.9. The Morgan fingerprint density at radius 2 is 1.03 bits per heavy atom. The topological polar surface area (TPSA) is 77.4 Å². The average Bonchev–Trinajstić information content (AvgIpc) is 2.64. The Hall–Kier alpha value is 0.870. The van der Waals surface area contributed by atoms with E-state index in [2.05, 4.69) is 6.92 Å². The van der Waals surface area contributed by atoms with Gasteiger partial charge in [-0.1, -0.05) is 104 Å². The van der Waals surface area contributed by atoms with Crippen molar-refractivity contribution in [1.82, 2.24) is 0 Å². The molecule has 0 spiro atoms. The molecule has 1 N–H and O–H groups in total. The number of hydrogen-bond acceptors (Lipinski definition) is 4. The number of aliphatic hydroxyl groups excluding tert-OH is 1. The van der Waals surface area contributed by atoms with Crippen LogP contribution in [-0.2, 0) is 10.1 Å². The van der Waals surface area contributed by atoms with Gasteiger partial charge in [-0.3, -0.25) is 0 Å². The minimum absolute atomic E-state index is 0. The van der Waals surface area contributed by atoms with Crippen molar-refractivity contribution >= 4 is 10.1 Å². The quantitative estimate of drug-likeness (QED) is 0.167. The Morgan fingerprint density at radius 1 is 0.621 bits per heavy atom. The largest absolute Gasteiger partial charge is 1.00 e. The summed E-state index contributed by atoms with van der Waals surface area (Å²) >= 11 is 0. The zero-order valence-electron chi connectivity index (χ0n) is 19.7. The minimum Gasteiger partial charge on any atom is -0.748 e. The first kappa shape index (κ1) is 32.1. The summed E-state index contributed by atoms with van der Waals surface area (Å²) in [5.74, 6) is 0. The maximum atomic E-state index is 11.2. The molecule has 4 nitrogen and oxygen atoms in total. The van der Waals surface area contributed by atoms with Crippen molar-refractivity contribution in [2.45, 2.75) is 147 Å². The predicted molar refractivity (Wildman–Crippen MR) is 119 cm³/mol. The summed E-state index contributed by atoms with van der Waals surface area (Å²) in [4.78, 5) is 0. The summed E-state index contributed by atoms with van der Waals surface area (Å²) in [7, 11) is -4.20. The molecular formula is C23H47NaO4S. The van der Waals surface area contributed by atoms with Crippen LogP contribution in [0.3, 0.4) is 0 Å². The Kier molecular flexibility index (Phi) is 24.4. The molecule has 170 valence electrons. The zero-order valence-corrected chi connectivity index (χ0v) is 22.5. The van der Waals surface area contributed by atoms with E-state index < -0.39 is 15.4 Å². The average molecular weight is 443 g/mol. The summed E-state index contributed by atoms with van der Waals surface area (Å²) in [5.41, 5.74) is 0. The second kappa shape index (κ2) is 22.1. The molecular weight excluding hydrogens is 395 g/mol. The van der Waals surface area contributed by atoms with Crippen molar-refractivity contribution in [3.8, 4) is 0 Å². The normalized spacial score (nSPS) is 13.8. The van der Waals surface area contributed by atoms with Crippen LogP contribution in [0, 0.1) is 0 Å². The fourth-order valence-electron chi connectivity index (χ4n) is 3.88. The molecule has 0 aliphatic carbocycles. The van der Waals surface area contributed by atoms with Gasteiger partial charge in [-0.25, -0.2) is 8.42 Å². The maximum absolute atomic E-state index is 11.2. The molecule has 0 rings (SSSR count). The van der Waals surface area contributed by atoms with Crippen molar-refractivity contribution in [1.29, 1.82) is 0 Å². The molecule has 2 unspecified atom stereocenters. The molecule has 29 heavy (non-hydrogen) atoms. The van der Waals surface area contributed by atoms with Crippen LogP contribution >= 0.6 is 0 Å². The second-order valence-corrected chi connectivity index (χ2v) is 10.2. The first-order valence-corrected chi connectivity index (χ1v) is 13.5. The van der Waals surface area contributed by atoms with Crippen LogP contribution in [0.15, 0.2) is 0 Å². The van der Waals surface area contributed by atoms with Gasteiger partial charge in [0.2, 0.25) is 0 Å². The van der Waals surface area contributed by atoms with Gasteiger partial charge in [0.1, 0.15) is 0 Å². The van der Waals surface area contributed by atoms with Gasteiger partial charge in [-0.2, -0.15) is 0 Å². The van der Waals surface area contributed by atoms with Crippen LogP contribution in [-0.4, -0.2) is 29.4 Å². The van der Waals surface area contributed by atoms with Gasteiger partial charge in [0.15, 0.2) is 0 Å². The molecule has 0 aromatic heterocycles. The second-order valence-electron chi connectivity index (χ2n) is 8.52. The summed E-state index contributed by atoms with van der Waals surface area (Å²) in [6.45, 7) is 4.15. The van der Waals surface area contributed by atoms with Crippen molar-refractivity contribution in [3.63, 3.8) is 0 Å². The number of aliphatic hydroxyl groups is 1. The Bertz CT molecular complexity index is 429. The van der Waals surface area contributed by atoms with E-state index in [4.69, 9.17) is 0 Å². The fourth-order valence-corrected chi connectivity index (χ4v) is 4.86. The summed E-state index contributed by atoms with van der Waals surface area (Å²) in [6, 6.07) is 0. The Balaban J connectivity index is 0. The van der Waals surface area contributed by atoms with E-state index >= 15 is 0 Å². The minimum atomic E-state index is -4.20. The smallest absolute Gasteiger partial charge is 0.748 e. The van der Waals surface area contributed by atoms with E-state index in [9.17, 15) is 18.1 Å². The van der Waals surface area contributed by atoms with Crippen LogP contribution in [0.2, 0.25) is 0 Å². The van der Waals surface area contributed by atoms with Gasteiger partial charge < -0.3 is 9.66 Å². The van der Waals surface area contributed by atoms with E-state index in [1.807, 2.05) is 6.92 Å². The van der Waals surface area contributed by atoms with E-state index in [1.54, 1.807) is 0 Å². The Labute approximate surface area is 204 Å². The van der Waals surface area contributed by atoms with Crippen molar-refractivity contribution in [3.05, 3.63) is 0 Å². The molecule has 0 heterocycles. The first-order chi connectivity index (χ1) is 13.4. The van der Waals surface area contributed by atoms with Crippen LogP contribution < -0.4 is 29.6 Å². The summed E-state index contributed by atoms with van der Waals surface area (Å²) in [6.07, 6.45) is 20.3. The van der Waals surface area contributed by atoms with Gasteiger partial charge in [-0.05, 0) is 32.1 Å². The van der Waals surface area contributed by atoms with Crippen LogP contribution in [0.25, 0.3) is 0 Å². The molecule has 0 aromatic carbocycles. The molecule has 0 saturated carbocycles. The molecule has 0 bridgehead atoms. The maximum Gasteiger partial charge on any atom is 1.00 e. The SMILES string of the molecule is CCCCCCCCCCCCCCCC(O)CCCC(CCC)S(=O)(=O)[O-].[Na+]. The monoisotopic (exact) mass is 442 g/mol. The summed E-state index contributed by atoms with van der Waals surface area (Å²) in [5, 5.41) is 9.27. The van der Waals surface area contributed by atoms with Gasteiger partial charge in [-0.15, -0.1) is 0 Å². The molecule has 0 saturated heterocycles. The molecule has 2 atom stereocenters. The molecule has 0 aliphatic rings. The fraction of sp³-hybridized carbons (Fsp3) is 1.00. The number of hydrogen-bond donors (Lipinski definition) is 1. The van der Waals surface area contributed by atoms with Crippen molar-refractivity contribution in [2.24, 2.45) is 0 Å². The molecule has 0 fully saturated rings. The molecule has 0 radical (unpaired) electrons. The van der Waals surface area contributed by atoms with Crippen LogP contribution in [0.4, 0.5) is 0 Å². The number of unbranched alkanes of at least 4 members (excludes halogenated alkanes) is 12. The van der Waals surface area contributed by atoms with Crippen molar-refractivity contribution < 1.29 is 47.6 Å². The van der Waals surface area contributed by atoms with E-state index in [1.165, 1.54) is 77.0 Å². The molecule has 0 aromatic rings. The van der Waals surface area contributed by atoms with Crippen molar-refractivity contribution in [2.75, 3.05) is 0 Å². The van der Waals surface area contributed by atoms with E-state index in [0.717, 1.165) is 12.8 Å². The van der Waals surface area contributed by atoms with E-state index in [-0.39, 0.29) is 35.7 Å². The van der Waals surface area contributed by atoms with Crippen LogP contribution in [0.5, 0.6) is 0 Å². The third-order valence-electron chi connectivity index (χ3n) is 5.72. The van der Waals surface area contributed by atoms with E-state index in [0.29, 0.717) is 32.1 Å². The predicted octanol–water partition coefficient (Wildman–Crippen LogP) is 3.72. The molecule has 0 amide bonds. The van der Waals surface area contributed by atoms with Gasteiger partial charge in [0.05, 0.1) is 16.2 Å². The third-order valence-corrected chi connectivity index (χ3v) is 7.01. The first-order valence-electron chi connectivity index (χ1n) is 12.0. The molecule has 0 aliphatic heterocycles. The van der Waals surface area contributed by atoms with Gasteiger partial charge in [0, 0.05) is 5.25 Å². The van der Waals surface area contributed by atoms with Gasteiger partial charge in [0.25, 0.3) is 0 Å². The number of rotatable bonds is 21. The molecule has 6 heteroatoms. The standard InChI is InChI=1S/C23H48O4S.Na/c1-3-5-6-7-8-9-10-11-12-13-14-15-16-19-22(24)20-17-21-23(18-4-2)28(25,26)27;/h22-24H,3-21H2,1-2H3,(H,25,26,27);/q;+1/p-1. The Morgan fingerprint density at radius 3 is 1.45 bits per heavy atom. The van der Waals surface area contributed by atoms with Gasteiger partial charge >= 0.3 is 29.6 Å². The summed E-state index contributed by atoms with van der Waals surface area (Å²) < 4.78 is 33.6.